The molecule has 0 bridgehead atoms. The molecule has 0 unspecified atom stereocenters. The van der Waals surface area contributed by atoms with Crippen molar-refractivity contribution in [3.8, 4) is 0 Å². The third kappa shape index (κ3) is 7.05. The van der Waals surface area contributed by atoms with Gasteiger partial charge in [-0.2, -0.15) is 0 Å². The molecule has 0 aromatic heterocycles. The van der Waals surface area contributed by atoms with E-state index in [2.05, 4.69) is 20.9 Å². The van der Waals surface area contributed by atoms with Gasteiger partial charge in [-0.05, 0) is 42.0 Å². The molecule has 8 heteroatoms. The van der Waals surface area contributed by atoms with E-state index in [1.54, 1.807) is 36.4 Å². The van der Waals surface area contributed by atoms with Gasteiger partial charge in [0.1, 0.15) is 0 Å². The highest BCUT2D eigenvalue weighted by molar-refractivity contribution is 6.30. The average molecular weight is 417 g/mol. The van der Waals surface area contributed by atoms with Gasteiger partial charge in [0.05, 0.1) is 13.2 Å². The van der Waals surface area contributed by atoms with E-state index in [0.717, 1.165) is 38.4 Å². The van der Waals surface area contributed by atoms with Crippen LogP contribution in [0, 0.1) is 0 Å². The van der Waals surface area contributed by atoms with Crippen molar-refractivity contribution in [2.24, 2.45) is 0 Å². The molecule has 2 aromatic carbocycles. The van der Waals surface area contributed by atoms with Gasteiger partial charge in [0.2, 0.25) is 0 Å². The summed E-state index contributed by atoms with van der Waals surface area (Å²) in [6.45, 7) is 5.08. The predicted molar refractivity (Wildman–Crippen MR) is 113 cm³/mol. The Balaban J connectivity index is 1.39. The molecule has 3 amide bonds. The molecule has 1 saturated heterocycles. The SMILES string of the molecule is O=C(NCc1ccc(Cl)cc1)Nc1ccc(C(=O)NCCN2CCOCC2)cc1. The number of rotatable bonds is 7. The van der Waals surface area contributed by atoms with Crippen LogP contribution < -0.4 is 16.0 Å². The molecule has 1 heterocycles. The summed E-state index contributed by atoms with van der Waals surface area (Å²) < 4.78 is 5.31. The fourth-order valence-corrected chi connectivity index (χ4v) is 3.05. The van der Waals surface area contributed by atoms with E-state index < -0.39 is 0 Å². The van der Waals surface area contributed by atoms with Crippen LogP contribution in [-0.4, -0.2) is 56.2 Å². The molecule has 3 rings (SSSR count). The molecule has 0 atom stereocenters. The minimum atomic E-state index is -0.317. The molecule has 154 valence electrons. The maximum atomic E-state index is 12.2. The zero-order chi connectivity index (χ0) is 20.5. The first-order valence-corrected chi connectivity index (χ1v) is 9.95. The fourth-order valence-electron chi connectivity index (χ4n) is 2.92. The second kappa shape index (κ2) is 10.8. The number of carbonyl (C=O) groups is 2. The van der Waals surface area contributed by atoms with E-state index in [9.17, 15) is 9.59 Å². The number of morpholine rings is 1. The Morgan fingerprint density at radius 1 is 0.966 bits per heavy atom. The molecule has 1 fully saturated rings. The molecule has 7 nitrogen and oxygen atoms in total. The lowest BCUT2D eigenvalue weighted by Gasteiger charge is -2.26. The van der Waals surface area contributed by atoms with Crippen LogP contribution >= 0.6 is 11.6 Å². The largest absolute Gasteiger partial charge is 0.379 e. The maximum Gasteiger partial charge on any atom is 0.319 e. The van der Waals surface area contributed by atoms with Crippen molar-refractivity contribution >= 4 is 29.2 Å². The Kier molecular flexibility index (Phi) is 7.86. The number of carbonyl (C=O) groups excluding carboxylic acids is 2. The van der Waals surface area contributed by atoms with Crippen molar-refractivity contribution in [2.75, 3.05) is 44.7 Å². The molecule has 0 saturated carbocycles. The van der Waals surface area contributed by atoms with Crippen molar-refractivity contribution in [1.82, 2.24) is 15.5 Å². The summed E-state index contributed by atoms with van der Waals surface area (Å²) in [5.74, 6) is -0.128. The quantitative estimate of drug-likeness (QED) is 0.648. The Bertz CT molecular complexity index is 806. The van der Waals surface area contributed by atoms with E-state index in [4.69, 9.17) is 16.3 Å². The summed E-state index contributed by atoms with van der Waals surface area (Å²) in [5.41, 5.74) is 2.12. The molecule has 0 radical (unpaired) electrons. The first-order valence-electron chi connectivity index (χ1n) is 9.58. The normalized spacial score (nSPS) is 14.2. The van der Waals surface area contributed by atoms with Gasteiger partial charge >= 0.3 is 6.03 Å². The fraction of sp³-hybridized carbons (Fsp3) is 0.333. The van der Waals surface area contributed by atoms with E-state index >= 15 is 0 Å². The second-order valence-electron chi connectivity index (χ2n) is 6.72. The third-order valence-corrected chi connectivity index (χ3v) is 4.84. The van der Waals surface area contributed by atoms with Gasteiger partial charge in [0.15, 0.2) is 0 Å². The molecular formula is C21H25ClN4O3. The third-order valence-electron chi connectivity index (χ3n) is 4.59. The number of amides is 3. The number of benzene rings is 2. The van der Waals surface area contributed by atoms with Gasteiger partial charge in [-0.3, -0.25) is 9.69 Å². The number of nitrogens with one attached hydrogen (secondary N) is 3. The zero-order valence-electron chi connectivity index (χ0n) is 16.1. The lowest BCUT2D eigenvalue weighted by atomic mass is 10.2. The lowest BCUT2D eigenvalue weighted by Crippen LogP contribution is -2.41. The van der Waals surface area contributed by atoms with Gasteiger partial charge in [-0.15, -0.1) is 0 Å². The van der Waals surface area contributed by atoms with Gasteiger partial charge in [-0.25, -0.2) is 4.79 Å². The number of ether oxygens (including phenoxy) is 1. The number of hydrogen-bond donors (Lipinski definition) is 3. The first-order chi connectivity index (χ1) is 14.1. The summed E-state index contributed by atoms with van der Waals surface area (Å²) in [5, 5.41) is 9.10. The van der Waals surface area contributed by atoms with E-state index in [1.807, 2.05) is 12.1 Å². The van der Waals surface area contributed by atoms with E-state index in [-0.39, 0.29) is 11.9 Å². The Morgan fingerprint density at radius 2 is 1.66 bits per heavy atom. The van der Waals surface area contributed by atoms with Crippen molar-refractivity contribution in [3.63, 3.8) is 0 Å². The monoisotopic (exact) mass is 416 g/mol. The Hall–Kier alpha value is -2.61. The summed E-state index contributed by atoms with van der Waals surface area (Å²) in [4.78, 5) is 26.5. The first kappa shape index (κ1) is 21.1. The van der Waals surface area contributed by atoms with E-state index in [1.165, 1.54) is 0 Å². The molecule has 2 aromatic rings. The molecule has 3 N–H and O–H groups in total. The van der Waals surface area contributed by atoms with Crippen LogP contribution in [0.5, 0.6) is 0 Å². The molecule has 1 aliphatic heterocycles. The number of hydrogen-bond acceptors (Lipinski definition) is 4. The highest BCUT2D eigenvalue weighted by Gasteiger charge is 2.11. The van der Waals surface area contributed by atoms with Crippen LogP contribution in [0.1, 0.15) is 15.9 Å². The van der Waals surface area contributed by atoms with Gasteiger partial charge < -0.3 is 20.7 Å². The number of nitrogens with zero attached hydrogens (tertiary/aromatic N) is 1. The van der Waals surface area contributed by atoms with Crippen LogP contribution in [0.4, 0.5) is 10.5 Å². The zero-order valence-corrected chi connectivity index (χ0v) is 16.9. The molecule has 1 aliphatic rings. The molecule has 0 aliphatic carbocycles. The molecule has 29 heavy (non-hydrogen) atoms. The van der Waals surface area contributed by atoms with E-state index in [0.29, 0.717) is 29.4 Å². The van der Waals surface area contributed by atoms with Gasteiger partial charge in [0, 0.05) is 49.0 Å². The van der Waals surface area contributed by atoms with Crippen LogP contribution in [-0.2, 0) is 11.3 Å². The summed E-state index contributed by atoms with van der Waals surface area (Å²) in [6, 6.07) is 13.8. The number of urea groups is 1. The summed E-state index contributed by atoms with van der Waals surface area (Å²) in [6.07, 6.45) is 0. The summed E-state index contributed by atoms with van der Waals surface area (Å²) in [7, 11) is 0. The van der Waals surface area contributed by atoms with Crippen molar-refractivity contribution in [1.29, 1.82) is 0 Å². The van der Waals surface area contributed by atoms with Crippen LogP contribution in [0.25, 0.3) is 0 Å². The van der Waals surface area contributed by atoms with Crippen molar-refractivity contribution < 1.29 is 14.3 Å². The minimum absolute atomic E-state index is 0.128. The number of anilines is 1. The lowest BCUT2D eigenvalue weighted by molar-refractivity contribution is 0.0383. The minimum Gasteiger partial charge on any atom is -0.379 e. The highest BCUT2D eigenvalue weighted by atomic mass is 35.5. The second-order valence-corrected chi connectivity index (χ2v) is 7.16. The van der Waals surface area contributed by atoms with Crippen molar-refractivity contribution in [2.45, 2.75) is 6.54 Å². The average Bonchev–Trinajstić information content (AvgIpc) is 2.74. The van der Waals surface area contributed by atoms with Gasteiger partial charge in [-0.1, -0.05) is 23.7 Å². The Labute approximate surface area is 175 Å². The van der Waals surface area contributed by atoms with Crippen molar-refractivity contribution in [3.05, 3.63) is 64.7 Å². The molecule has 0 spiro atoms. The number of halogens is 1. The molecular weight excluding hydrogens is 392 g/mol. The predicted octanol–water partition coefficient (Wildman–Crippen LogP) is 2.72. The van der Waals surface area contributed by atoms with Gasteiger partial charge in [0.25, 0.3) is 5.91 Å². The van der Waals surface area contributed by atoms with Crippen LogP contribution in [0.3, 0.4) is 0 Å². The topological polar surface area (TPSA) is 82.7 Å². The maximum absolute atomic E-state index is 12.2. The Morgan fingerprint density at radius 3 is 2.34 bits per heavy atom. The summed E-state index contributed by atoms with van der Waals surface area (Å²) >= 11 is 5.85. The smallest absolute Gasteiger partial charge is 0.319 e. The van der Waals surface area contributed by atoms with Crippen LogP contribution in [0.15, 0.2) is 48.5 Å². The highest BCUT2D eigenvalue weighted by Crippen LogP contribution is 2.11. The van der Waals surface area contributed by atoms with Crippen LogP contribution in [0.2, 0.25) is 5.02 Å². The standard InChI is InChI=1S/C21H25ClN4O3/c22-18-5-1-16(2-6-18)15-24-21(28)25-19-7-3-17(4-8-19)20(27)23-9-10-26-11-13-29-14-12-26/h1-8H,9-15H2,(H,23,27)(H2,24,25,28).